The summed E-state index contributed by atoms with van der Waals surface area (Å²) in [6, 6.07) is 14.2. The molecule has 0 amide bonds. The highest BCUT2D eigenvalue weighted by molar-refractivity contribution is 9.09. The maximum atomic E-state index is 3.57. The molecule has 0 unspecified atom stereocenters. The number of aryl methyl sites for hydroxylation is 6. The summed E-state index contributed by atoms with van der Waals surface area (Å²) in [6.45, 7) is 2.28. The fourth-order valence-electron chi connectivity index (χ4n) is 3.29. The molecule has 1 heteroatoms. The normalized spacial score (nSPS) is 14.0. The second kappa shape index (κ2) is 6.79. The maximum absolute atomic E-state index is 3.57. The van der Waals surface area contributed by atoms with E-state index >= 15 is 0 Å². The summed E-state index contributed by atoms with van der Waals surface area (Å²) in [5.74, 6) is 0. The lowest BCUT2D eigenvalue weighted by atomic mass is 9.89. The van der Waals surface area contributed by atoms with Crippen LogP contribution in [0.15, 0.2) is 36.4 Å². The molecule has 6 rings (SSSR count). The molecule has 0 nitrogen and oxygen atoms in total. The molecule has 0 aliphatic heterocycles. The predicted molar refractivity (Wildman–Crippen MR) is 94.6 cm³/mol. The summed E-state index contributed by atoms with van der Waals surface area (Å²) < 4.78 is 0. The zero-order valence-electron chi connectivity index (χ0n) is 12.8. The average molecular weight is 343 g/mol. The van der Waals surface area contributed by atoms with Crippen LogP contribution < -0.4 is 0 Å². The minimum absolute atomic E-state index is 1.09. The first-order chi connectivity index (χ1) is 10.3. The van der Waals surface area contributed by atoms with Crippen molar-refractivity contribution in [2.75, 3.05) is 5.33 Å². The second-order valence-electron chi connectivity index (χ2n) is 6.16. The Hall–Kier alpha value is -1.08. The van der Waals surface area contributed by atoms with Crippen molar-refractivity contribution in [3.8, 4) is 0 Å². The lowest BCUT2D eigenvalue weighted by molar-refractivity contribution is 0.861. The van der Waals surface area contributed by atoms with Crippen LogP contribution in [0.1, 0.15) is 39.8 Å². The Morgan fingerprint density at radius 3 is 2.10 bits per heavy atom. The van der Waals surface area contributed by atoms with E-state index in [1.807, 2.05) is 0 Å². The molecule has 0 heterocycles. The van der Waals surface area contributed by atoms with Crippen molar-refractivity contribution in [2.45, 2.75) is 45.4 Å². The smallest absolute Gasteiger partial charge is 0.00344 e. The van der Waals surface area contributed by atoms with Crippen molar-refractivity contribution in [2.24, 2.45) is 0 Å². The van der Waals surface area contributed by atoms with E-state index in [2.05, 4.69) is 59.3 Å². The molecule has 2 aromatic rings. The van der Waals surface area contributed by atoms with E-state index in [1.165, 1.54) is 35.1 Å². The van der Waals surface area contributed by atoms with Crippen molar-refractivity contribution in [1.29, 1.82) is 0 Å². The Morgan fingerprint density at radius 1 is 0.857 bits per heavy atom. The lowest BCUT2D eigenvalue weighted by Crippen LogP contribution is -2.04. The van der Waals surface area contributed by atoms with Gasteiger partial charge in [0, 0.05) is 5.33 Å². The van der Waals surface area contributed by atoms with Crippen LogP contribution in [0.5, 0.6) is 0 Å². The molecule has 0 fully saturated rings. The van der Waals surface area contributed by atoms with E-state index in [1.54, 1.807) is 11.1 Å². The first-order valence-corrected chi connectivity index (χ1v) is 9.13. The van der Waals surface area contributed by atoms with Gasteiger partial charge < -0.3 is 0 Å². The summed E-state index contributed by atoms with van der Waals surface area (Å²) in [7, 11) is 0. The predicted octanol–water partition coefficient (Wildman–Crippen LogP) is 5.21. The summed E-state index contributed by atoms with van der Waals surface area (Å²) in [5, 5.41) is 1.09. The fourth-order valence-corrected chi connectivity index (χ4v) is 3.57. The van der Waals surface area contributed by atoms with Gasteiger partial charge in [-0.1, -0.05) is 52.3 Å². The zero-order chi connectivity index (χ0) is 14.7. The summed E-state index contributed by atoms with van der Waals surface area (Å²) >= 11 is 3.57. The van der Waals surface area contributed by atoms with Gasteiger partial charge in [0.25, 0.3) is 0 Å². The van der Waals surface area contributed by atoms with Crippen molar-refractivity contribution < 1.29 is 0 Å². The average Bonchev–Trinajstić information content (AvgIpc) is 2.49. The number of halogens is 1. The van der Waals surface area contributed by atoms with Gasteiger partial charge in [-0.3, -0.25) is 0 Å². The molecule has 0 spiro atoms. The third kappa shape index (κ3) is 3.58. The van der Waals surface area contributed by atoms with Gasteiger partial charge in [0.15, 0.2) is 0 Å². The topological polar surface area (TPSA) is 0 Å². The van der Waals surface area contributed by atoms with E-state index < -0.39 is 0 Å². The Morgan fingerprint density at radius 2 is 1.48 bits per heavy atom. The molecular weight excluding hydrogens is 320 g/mol. The van der Waals surface area contributed by atoms with E-state index in [0.717, 1.165) is 31.0 Å². The molecule has 0 aromatic heterocycles. The number of benzene rings is 2. The van der Waals surface area contributed by atoms with Gasteiger partial charge in [0.2, 0.25) is 0 Å². The fraction of sp³-hybridized carbons (Fsp3) is 0.400. The quantitative estimate of drug-likeness (QED) is 0.672. The van der Waals surface area contributed by atoms with E-state index in [-0.39, 0.29) is 0 Å². The molecule has 0 saturated heterocycles. The first-order valence-electron chi connectivity index (χ1n) is 8.01. The largest absolute Gasteiger partial charge is 0.0928 e. The Kier molecular flexibility index (Phi) is 4.80. The molecule has 4 bridgehead atoms. The maximum Gasteiger partial charge on any atom is 0.00344 e. The van der Waals surface area contributed by atoms with Gasteiger partial charge in [0.1, 0.15) is 0 Å². The van der Waals surface area contributed by atoms with Crippen molar-refractivity contribution in [3.63, 3.8) is 0 Å². The highest BCUT2D eigenvalue weighted by Gasteiger charge is 2.10. The Balaban J connectivity index is 1.97. The molecule has 0 saturated carbocycles. The van der Waals surface area contributed by atoms with Crippen LogP contribution >= 0.6 is 15.9 Å². The summed E-state index contributed by atoms with van der Waals surface area (Å²) in [6.07, 6.45) is 7.05. The van der Waals surface area contributed by atoms with E-state index in [4.69, 9.17) is 0 Å². The molecule has 0 N–H and O–H groups in total. The number of hydrogen-bond donors (Lipinski definition) is 0. The van der Waals surface area contributed by atoms with Gasteiger partial charge >= 0.3 is 0 Å². The summed E-state index contributed by atoms with van der Waals surface area (Å²) in [4.78, 5) is 0. The SMILES string of the molecule is Cc1cc2c(CCCBr)cc1CCc1ccc(cc1)CC2. The van der Waals surface area contributed by atoms with Crippen LogP contribution in [0.25, 0.3) is 0 Å². The lowest BCUT2D eigenvalue weighted by Gasteiger charge is -2.16. The zero-order valence-corrected chi connectivity index (χ0v) is 14.4. The number of rotatable bonds is 3. The van der Waals surface area contributed by atoms with Crippen LogP contribution in [0, 0.1) is 6.92 Å². The van der Waals surface area contributed by atoms with Gasteiger partial charge in [-0.15, -0.1) is 0 Å². The molecule has 4 aliphatic rings. The van der Waals surface area contributed by atoms with Gasteiger partial charge in [-0.25, -0.2) is 0 Å². The van der Waals surface area contributed by atoms with Crippen molar-refractivity contribution in [1.82, 2.24) is 0 Å². The van der Waals surface area contributed by atoms with E-state index in [0.29, 0.717) is 0 Å². The standard InChI is InChI=1S/C20H23Br/c1-15-13-20-11-9-17-6-4-16(5-7-17)8-10-18(15)14-19(20)3-2-12-21/h4-7,13-14H,2-3,8-12H2,1H3. The highest BCUT2D eigenvalue weighted by atomic mass is 79.9. The van der Waals surface area contributed by atoms with Crippen molar-refractivity contribution in [3.05, 3.63) is 69.8 Å². The number of alkyl halides is 1. The van der Waals surface area contributed by atoms with Crippen LogP contribution in [0.2, 0.25) is 0 Å². The molecule has 0 radical (unpaired) electrons. The minimum Gasteiger partial charge on any atom is -0.0928 e. The molecule has 21 heavy (non-hydrogen) atoms. The molecule has 4 aliphatic carbocycles. The number of hydrogen-bond acceptors (Lipinski definition) is 0. The summed E-state index contributed by atoms with van der Waals surface area (Å²) in [5.41, 5.74) is 9.07. The minimum atomic E-state index is 1.09. The first kappa shape index (κ1) is 14.8. The monoisotopic (exact) mass is 342 g/mol. The Labute approximate surface area is 136 Å². The molecular formula is C20H23Br. The Bertz CT molecular complexity index is 610. The second-order valence-corrected chi connectivity index (χ2v) is 6.95. The van der Waals surface area contributed by atoms with Crippen LogP contribution in [0.3, 0.4) is 0 Å². The third-order valence-electron chi connectivity index (χ3n) is 4.63. The molecule has 110 valence electrons. The van der Waals surface area contributed by atoms with Crippen LogP contribution in [-0.4, -0.2) is 5.33 Å². The molecule has 0 atom stereocenters. The molecule has 2 aromatic carbocycles. The third-order valence-corrected chi connectivity index (χ3v) is 5.19. The van der Waals surface area contributed by atoms with Crippen molar-refractivity contribution >= 4 is 15.9 Å². The van der Waals surface area contributed by atoms with Gasteiger partial charge in [-0.2, -0.15) is 0 Å². The van der Waals surface area contributed by atoms with Crippen LogP contribution in [-0.2, 0) is 32.1 Å². The van der Waals surface area contributed by atoms with Gasteiger partial charge in [-0.05, 0) is 78.8 Å². The van der Waals surface area contributed by atoms with Crippen LogP contribution in [0.4, 0.5) is 0 Å². The highest BCUT2D eigenvalue weighted by Crippen LogP contribution is 2.23. The van der Waals surface area contributed by atoms with E-state index in [9.17, 15) is 0 Å². The van der Waals surface area contributed by atoms with Gasteiger partial charge in [0.05, 0.1) is 0 Å².